The molecule has 4 rings (SSSR count). The summed E-state index contributed by atoms with van der Waals surface area (Å²) in [5, 5.41) is 11.0. The van der Waals surface area contributed by atoms with Crippen molar-refractivity contribution >= 4 is 17.3 Å². The molecule has 6 nitrogen and oxygen atoms in total. The van der Waals surface area contributed by atoms with E-state index >= 15 is 0 Å². The molecule has 0 atom stereocenters. The number of halogens is 1. The molecule has 3 aromatic carbocycles. The molecule has 1 saturated heterocycles. The predicted molar refractivity (Wildman–Crippen MR) is 121 cm³/mol. The number of nitrogens with zero attached hydrogens (tertiary/aromatic N) is 3. The van der Waals surface area contributed by atoms with Crippen molar-refractivity contribution in [1.29, 1.82) is 0 Å². The summed E-state index contributed by atoms with van der Waals surface area (Å²) in [6.45, 7) is 2.17. The molecule has 1 heterocycles. The van der Waals surface area contributed by atoms with Crippen molar-refractivity contribution in [3.8, 4) is 0 Å². The van der Waals surface area contributed by atoms with Gasteiger partial charge in [-0.1, -0.05) is 30.3 Å². The maximum atomic E-state index is 13.4. The molecule has 3 aromatic rings. The Hall–Kier alpha value is -3.58. The van der Waals surface area contributed by atoms with E-state index in [1.54, 1.807) is 12.1 Å². The van der Waals surface area contributed by atoms with E-state index in [0.717, 1.165) is 37.2 Å². The number of benzene rings is 3. The Kier molecular flexibility index (Phi) is 6.56. The van der Waals surface area contributed by atoms with Crippen LogP contribution < -0.4 is 4.90 Å². The Labute approximate surface area is 186 Å². The largest absolute Gasteiger partial charge is 0.305 e. The van der Waals surface area contributed by atoms with Crippen LogP contribution in [-0.2, 0) is 6.54 Å². The predicted octanol–water partition coefficient (Wildman–Crippen LogP) is 5.05. The summed E-state index contributed by atoms with van der Waals surface area (Å²) in [4.78, 5) is 28.1. The number of hydrogen-bond acceptors (Lipinski definition) is 4. The highest BCUT2D eigenvalue weighted by atomic mass is 19.1. The van der Waals surface area contributed by atoms with Gasteiger partial charge in [0.15, 0.2) is 0 Å². The molecule has 0 aliphatic carbocycles. The van der Waals surface area contributed by atoms with Crippen LogP contribution in [0.4, 0.5) is 15.8 Å². The molecule has 0 unspecified atom stereocenters. The van der Waals surface area contributed by atoms with E-state index in [4.69, 9.17) is 0 Å². The van der Waals surface area contributed by atoms with Crippen LogP contribution in [0.5, 0.6) is 0 Å². The van der Waals surface area contributed by atoms with Crippen LogP contribution in [0.1, 0.15) is 28.8 Å². The zero-order chi connectivity index (χ0) is 22.5. The highest BCUT2D eigenvalue weighted by Gasteiger charge is 2.30. The number of piperidine rings is 1. The first kappa shape index (κ1) is 21.6. The number of rotatable bonds is 6. The summed E-state index contributed by atoms with van der Waals surface area (Å²) in [5.41, 5.74) is 2.27. The minimum absolute atomic E-state index is 0.0105. The quantitative estimate of drug-likeness (QED) is 0.403. The summed E-state index contributed by atoms with van der Waals surface area (Å²) >= 11 is 0. The van der Waals surface area contributed by atoms with E-state index < -0.39 is 0 Å². The fraction of sp³-hybridized carbons (Fsp3) is 0.240. The monoisotopic (exact) mass is 433 g/mol. The third-order valence-corrected chi connectivity index (χ3v) is 5.79. The lowest BCUT2D eigenvalue weighted by Crippen LogP contribution is -2.47. The summed E-state index contributed by atoms with van der Waals surface area (Å²) in [6, 6.07) is 21.9. The highest BCUT2D eigenvalue weighted by Crippen LogP contribution is 2.27. The van der Waals surface area contributed by atoms with Crippen molar-refractivity contribution in [3.05, 3.63) is 106 Å². The first-order valence-corrected chi connectivity index (χ1v) is 10.6. The fourth-order valence-corrected chi connectivity index (χ4v) is 4.18. The van der Waals surface area contributed by atoms with E-state index in [1.807, 2.05) is 41.3 Å². The molecule has 0 saturated carbocycles. The molecule has 0 radical (unpaired) electrons. The topological polar surface area (TPSA) is 66.7 Å². The summed E-state index contributed by atoms with van der Waals surface area (Å²) in [6.07, 6.45) is 1.55. The molecule has 1 fully saturated rings. The van der Waals surface area contributed by atoms with Crippen molar-refractivity contribution in [2.24, 2.45) is 0 Å². The van der Waals surface area contributed by atoms with E-state index in [1.165, 1.54) is 30.3 Å². The van der Waals surface area contributed by atoms with Gasteiger partial charge >= 0.3 is 0 Å². The van der Waals surface area contributed by atoms with Gasteiger partial charge in [0.05, 0.1) is 4.92 Å². The average Bonchev–Trinajstić information content (AvgIpc) is 2.81. The van der Waals surface area contributed by atoms with Crippen LogP contribution in [-0.4, -0.2) is 34.9 Å². The van der Waals surface area contributed by atoms with Crippen molar-refractivity contribution < 1.29 is 14.1 Å². The van der Waals surface area contributed by atoms with Crippen molar-refractivity contribution in [1.82, 2.24) is 4.90 Å². The minimum atomic E-state index is -0.380. The van der Waals surface area contributed by atoms with Crippen LogP contribution in [0.25, 0.3) is 0 Å². The molecule has 0 spiro atoms. The molecule has 0 aromatic heterocycles. The second-order valence-corrected chi connectivity index (χ2v) is 7.95. The van der Waals surface area contributed by atoms with Gasteiger partial charge in [0.2, 0.25) is 0 Å². The number of para-hydroxylation sites is 1. The summed E-state index contributed by atoms with van der Waals surface area (Å²) < 4.78 is 13.4. The van der Waals surface area contributed by atoms with Gasteiger partial charge in [-0.05, 0) is 54.8 Å². The van der Waals surface area contributed by atoms with Crippen molar-refractivity contribution in [2.45, 2.75) is 25.4 Å². The standard InChI is InChI=1S/C25H24FN3O3/c26-21-11-9-20(10-12-21)25(30)28(22-6-2-1-3-7-22)23-13-15-27(16-14-23)18-19-5-4-8-24(17-19)29(31)32/h1-12,17,23H,13-16,18H2. The van der Waals surface area contributed by atoms with Crippen LogP contribution >= 0.6 is 0 Å². The number of carbonyl (C=O) groups is 1. The molecular formula is C25H24FN3O3. The Morgan fingerprint density at radius 1 is 1.00 bits per heavy atom. The molecule has 7 heteroatoms. The van der Waals surface area contributed by atoms with Gasteiger partial charge in [0.1, 0.15) is 5.82 Å². The van der Waals surface area contributed by atoms with Gasteiger partial charge in [-0.2, -0.15) is 0 Å². The first-order valence-electron chi connectivity index (χ1n) is 10.6. The fourth-order valence-electron chi connectivity index (χ4n) is 4.18. The van der Waals surface area contributed by atoms with Gasteiger partial charge in [-0.3, -0.25) is 19.8 Å². The number of hydrogen-bond donors (Lipinski definition) is 0. The van der Waals surface area contributed by atoms with E-state index in [2.05, 4.69) is 4.90 Å². The molecule has 32 heavy (non-hydrogen) atoms. The zero-order valence-corrected chi connectivity index (χ0v) is 17.6. The molecule has 1 aliphatic heterocycles. The second-order valence-electron chi connectivity index (χ2n) is 7.95. The van der Waals surface area contributed by atoms with Gasteiger partial charge < -0.3 is 4.90 Å². The van der Waals surface area contributed by atoms with Crippen molar-refractivity contribution in [3.63, 3.8) is 0 Å². The third kappa shape index (κ3) is 5.00. The molecule has 1 aliphatic rings. The number of nitro groups is 1. The molecule has 1 amide bonds. The number of carbonyl (C=O) groups excluding carboxylic acids is 1. The summed E-state index contributed by atoms with van der Waals surface area (Å²) in [5.74, 6) is -0.518. The number of anilines is 1. The third-order valence-electron chi connectivity index (χ3n) is 5.79. The lowest BCUT2D eigenvalue weighted by Gasteiger charge is -2.38. The van der Waals surface area contributed by atoms with E-state index in [9.17, 15) is 19.3 Å². The van der Waals surface area contributed by atoms with Crippen LogP contribution in [0.3, 0.4) is 0 Å². The van der Waals surface area contributed by atoms with Gasteiger partial charge in [0, 0.05) is 49.1 Å². The lowest BCUT2D eigenvalue weighted by atomic mass is 10.00. The molecule has 164 valence electrons. The Bertz CT molecular complexity index is 1080. The normalized spacial score (nSPS) is 14.8. The van der Waals surface area contributed by atoms with Gasteiger partial charge in [-0.15, -0.1) is 0 Å². The van der Waals surface area contributed by atoms with Gasteiger partial charge in [0.25, 0.3) is 11.6 Å². The Balaban J connectivity index is 1.48. The van der Waals surface area contributed by atoms with Crippen molar-refractivity contribution in [2.75, 3.05) is 18.0 Å². The zero-order valence-electron chi connectivity index (χ0n) is 17.6. The van der Waals surface area contributed by atoms with Gasteiger partial charge in [-0.25, -0.2) is 4.39 Å². The molecule has 0 bridgehead atoms. The second kappa shape index (κ2) is 9.70. The maximum Gasteiger partial charge on any atom is 0.269 e. The number of nitro benzene ring substituents is 1. The Morgan fingerprint density at radius 3 is 2.34 bits per heavy atom. The van der Waals surface area contributed by atoms with Crippen LogP contribution in [0.2, 0.25) is 0 Å². The first-order chi connectivity index (χ1) is 15.5. The summed E-state index contributed by atoms with van der Waals surface area (Å²) in [7, 11) is 0. The Morgan fingerprint density at radius 2 is 1.69 bits per heavy atom. The lowest BCUT2D eigenvalue weighted by molar-refractivity contribution is -0.384. The van der Waals surface area contributed by atoms with Crippen LogP contribution in [0, 0.1) is 15.9 Å². The maximum absolute atomic E-state index is 13.4. The van der Waals surface area contributed by atoms with E-state index in [-0.39, 0.29) is 28.4 Å². The number of amides is 1. The molecule has 0 N–H and O–H groups in total. The van der Waals surface area contributed by atoms with E-state index in [0.29, 0.717) is 12.1 Å². The van der Waals surface area contributed by atoms with Crippen LogP contribution in [0.15, 0.2) is 78.9 Å². The average molecular weight is 433 g/mol. The smallest absolute Gasteiger partial charge is 0.269 e. The number of likely N-dealkylation sites (tertiary alicyclic amines) is 1. The highest BCUT2D eigenvalue weighted by molar-refractivity contribution is 6.06. The number of non-ortho nitro benzene ring substituents is 1. The SMILES string of the molecule is O=C(c1ccc(F)cc1)N(c1ccccc1)C1CCN(Cc2cccc([N+](=O)[O-])c2)CC1. The molecular weight excluding hydrogens is 409 g/mol. The minimum Gasteiger partial charge on any atom is -0.305 e.